The van der Waals surface area contributed by atoms with Gasteiger partial charge in [-0.1, -0.05) is 13.8 Å². The van der Waals surface area contributed by atoms with E-state index in [1.165, 1.54) is 0 Å². The number of piperidine rings is 1. The van der Waals surface area contributed by atoms with Crippen LogP contribution in [0.25, 0.3) is 0 Å². The zero-order valence-electron chi connectivity index (χ0n) is 17.9. The number of hydrogen-bond donors (Lipinski definition) is 2. The number of aliphatic imine (C=N–C) groups is 1. The van der Waals surface area contributed by atoms with E-state index in [0.29, 0.717) is 37.6 Å². The van der Waals surface area contributed by atoms with Gasteiger partial charge in [0.15, 0.2) is 5.96 Å². The average Bonchev–Trinajstić information content (AvgIpc) is 2.64. The molecule has 164 valence electrons. The Labute approximate surface area is 187 Å². The zero-order chi connectivity index (χ0) is 19.8. The highest BCUT2D eigenvalue weighted by atomic mass is 127. The van der Waals surface area contributed by atoms with Crippen LogP contribution in [0.2, 0.25) is 0 Å². The second-order valence-corrected chi connectivity index (χ2v) is 7.98. The number of nitrogens with zero attached hydrogens (tertiary/aromatic N) is 4. The number of halogens is 1. The van der Waals surface area contributed by atoms with Crippen molar-refractivity contribution in [1.29, 1.82) is 0 Å². The molecule has 2 aliphatic rings. The number of nitrogens with two attached hydrogens (primary N) is 1. The van der Waals surface area contributed by atoms with Crippen molar-refractivity contribution in [2.45, 2.75) is 45.7 Å². The van der Waals surface area contributed by atoms with Crippen LogP contribution in [0, 0.1) is 5.92 Å². The fourth-order valence-corrected chi connectivity index (χ4v) is 3.77. The molecule has 1 atom stereocenters. The van der Waals surface area contributed by atoms with Gasteiger partial charge in [0.1, 0.15) is 0 Å². The third-order valence-corrected chi connectivity index (χ3v) is 5.60. The van der Waals surface area contributed by atoms with Crippen molar-refractivity contribution >= 4 is 36.0 Å². The predicted molar refractivity (Wildman–Crippen MR) is 124 cm³/mol. The van der Waals surface area contributed by atoms with E-state index in [-0.39, 0.29) is 36.1 Å². The molecule has 0 aromatic rings. The molecule has 9 heteroatoms. The van der Waals surface area contributed by atoms with Crippen LogP contribution in [-0.4, -0.2) is 98.3 Å². The number of nitrogens with one attached hydrogen (secondary N) is 1. The maximum Gasteiger partial charge on any atom is 0.409 e. The number of ether oxygens (including phenoxy) is 1. The Kier molecular flexibility index (Phi) is 11.4. The van der Waals surface area contributed by atoms with Gasteiger partial charge in [0, 0.05) is 51.4 Å². The van der Waals surface area contributed by atoms with E-state index in [4.69, 9.17) is 10.5 Å². The molecule has 0 aromatic carbocycles. The highest BCUT2D eigenvalue weighted by Crippen LogP contribution is 2.14. The summed E-state index contributed by atoms with van der Waals surface area (Å²) in [6, 6.07) is 0.685. The summed E-state index contributed by atoms with van der Waals surface area (Å²) in [5, 5.41) is 3.34. The van der Waals surface area contributed by atoms with Crippen molar-refractivity contribution in [3.8, 4) is 0 Å². The first-order valence-corrected chi connectivity index (χ1v) is 10.3. The van der Waals surface area contributed by atoms with Crippen LogP contribution >= 0.6 is 24.0 Å². The molecular formula is C19H39IN6O2. The lowest BCUT2D eigenvalue weighted by Gasteiger charge is -2.39. The van der Waals surface area contributed by atoms with E-state index >= 15 is 0 Å². The van der Waals surface area contributed by atoms with Crippen LogP contribution in [0.5, 0.6) is 0 Å². The summed E-state index contributed by atoms with van der Waals surface area (Å²) in [4.78, 5) is 23.1. The maximum atomic E-state index is 11.8. The molecule has 0 saturated carbocycles. The second-order valence-electron chi connectivity index (χ2n) is 7.98. The molecule has 0 bridgehead atoms. The van der Waals surface area contributed by atoms with E-state index in [9.17, 15) is 4.79 Å². The first-order chi connectivity index (χ1) is 12.9. The van der Waals surface area contributed by atoms with Gasteiger partial charge in [-0.15, -0.1) is 24.0 Å². The first kappa shape index (κ1) is 25.2. The van der Waals surface area contributed by atoms with E-state index in [2.05, 4.69) is 41.0 Å². The molecule has 2 heterocycles. The summed E-state index contributed by atoms with van der Waals surface area (Å²) in [5.41, 5.74) is 6.15. The van der Waals surface area contributed by atoms with Crippen LogP contribution in [0.3, 0.4) is 0 Å². The van der Waals surface area contributed by atoms with E-state index in [1.54, 1.807) is 4.90 Å². The lowest BCUT2D eigenvalue weighted by molar-refractivity contribution is 0.0924. The van der Waals surface area contributed by atoms with Crippen molar-refractivity contribution in [2.75, 3.05) is 59.5 Å². The number of carbonyl (C=O) groups excluding carboxylic acids is 1. The first-order valence-electron chi connectivity index (χ1n) is 10.3. The molecule has 28 heavy (non-hydrogen) atoms. The number of carbonyl (C=O) groups is 1. The van der Waals surface area contributed by atoms with Crippen LogP contribution in [0.1, 0.15) is 33.6 Å². The standard InChI is InChI=1S/C19H38N6O2.HI/c1-5-27-19(26)25-8-6-16(7-9-25)22-18(20)21-14-17(15(2)3)24-12-10-23(4)11-13-24;/h15-17H,5-14H2,1-4H3,(H3,20,21,22);1H. The molecule has 2 fully saturated rings. The van der Waals surface area contributed by atoms with Gasteiger partial charge in [0.2, 0.25) is 0 Å². The fraction of sp³-hybridized carbons (Fsp3) is 0.895. The normalized spacial score (nSPS) is 21.3. The van der Waals surface area contributed by atoms with Gasteiger partial charge in [0.05, 0.1) is 13.2 Å². The molecule has 0 aromatic heterocycles. The van der Waals surface area contributed by atoms with Gasteiger partial charge in [0.25, 0.3) is 0 Å². The largest absolute Gasteiger partial charge is 0.450 e. The number of piperazine rings is 1. The summed E-state index contributed by atoms with van der Waals surface area (Å²) in [7, 11) is 2.18. The molecular weight excluding hydrogens is 471 g/mol. The Balaban J connectivity index is 0.00000392. The van der Waals surface area contributed by atoms with Gasteiger partial charge in [-0.05, 0) is 32.7 Å². The van der Waals surface area contributed by atoms with Crippen molar-refractivity contribution in [2.24, 2.45) is 16.6 Å². The summed E-state index contributed by atoms with van der Waals surface area (Å²) in [5.74, 6) is 1.06. The lowest BCUT2D eigenvalue weighted by atomic mass is 10.0. The van der Waals surface area contributed by atoms with Crippen molar-refractivity contribution in [3.05, 3.63) is 0 Å². The topological polar surface area (TPSA) is 86.4 Å². The number of likely N-dealkylation sites (N-methyl/N-ethyl adjacent to an activating group) is 1. The summed E-state index contributed by atoms with van der Waals surface area (Å²) in [6.45, 7) is 13.3. The van der Waals surface area contributed by atoms with Crippen LogP contribution < -0.4 is 11.1 Å². The van der Waals surface area contributed by atoms with Gasteiger partial charge < -0.3 is 25.6 Å². The van der Waals surface area contributed by atoms with Crippen LogP contribution in [0.15, 0.2) is 4.99 Å². The van der Waals surface area contributed by atoms with E-state index < -0.39 is 0 Å². The highest BCUT2D eigenvalue weighted by molar-refractivity contribution is 14.0. The number of likely N-dealkylation sites (tertiary alicyclic amines) is 1. The summed E-state index contributed by atoms with van der Waals surface area (Å²) < 4.78 is 5.06. The van der Waals surface area contributed by atoms with Crippen molar-refractivity contribution in [1.82, 2.24) is 20.0 Å². The molecule has 0 aliphatic carbocycles. The van der Waals surface area contributed by atoms with Crippen molar-refractivity contribution < 1.29 is 9.53 Å². The van der Waals surface area contributed by atoms with Crippen molar-refractivity contribution in [3.63, 3.8) is 0 Å². The fourth-order valence-electron chi connectivity index (χ4n) is 3.77. The van der Waals surface area contributed by atoms with Gasteiger partial charge in [-0.2, -0.15) is 0 Å². The maximum absolute atomic E-state index is 11.8. The third-order valence-electron chi connectivity index (χ3n) is 5.60. The molecule has 3 N–H and O–H groups in total. The molecule has 2 aliphatic heterocycles. The smallest absolute Gasteiger partial charge is 0.409 e. The molecule has 2 rings (SSSR count). The molecule has 1 amide bonds. The zero-order valence-corrected chi connectivity index (χ0v) is 20.2. The average molecular weight is 510 g/mol. The van der Waals surface area contributed by atoms with Gasteiger partial charge in [-0.3, -0.25) is 9.89 Å². The minimum Gasteiger partial charge on any atom is -0.450 e. The second kappa shape index (κ2) is 12.7. The highest BCUT2D eigenvalue weighted by Gasteiger charge is 2.26. The molecule has 0 radical (unpaired) electrons. The minimum atomic E-state index is -0.218. The molecule has 8 nitrogen and oxygen atoms in total. The molecule has 1 unspecified atom stereocenters. The minimum absolute atomic E-state index is 0. The molecule has 0 spiro atoms. The Bertz CT molecular complexity index is 489. The Morgan fingerprint density at radius 3 is 2.32 bits per heavy atom. The lowest BCUT2D eigenvalue weighted by Crippen LogP contribution is -2.52. The Morgan fingerprint density at radius 1 is 1.18 bits per heavy atom. The Hall–Kier alpha value is -0.810. The monoisotopic (exact) mass is 510 g/mol. The quantitative estimate of drug-likeness (QED) is 0.319. The van der Waals surface area contributed by atoms with Crippen LogP contribution in [0.4, 0.5) is 4.79 Å². The number of rotatable bonds is 6. The van der Waals surface area contributed by atoms with Gasteiger partial charge >= 0.3 is 6.09 Å². The SMILES string of the molecule is CCOC(=O)N1CCC(NC(N)=NCC(C(C)C)N2CCN(C)CC2)CC1.I. The number of amides is 1. The predicted octanol–water partition coefficient (Wildman–Crippen LogP) is 1.40. The van der Waals surface area contributed by atoms with Gasteiger partial charge in [-0.25, -0.2) is 4.79 Å². The molecule has 2 saturated heterocycles. The third kappa shape index (κ3) is 7.90. The number of hydrogen-bond acceptors (Lipinski definition) is 5. The van der Waals surface area contributed by atoms with E-state index in [1.807, 2.05) is 6.92 Å². The van der Waals surface area contributed by atoms with Crippen LogP contribution in [-0.2, 0) is 4.74 Å². The number of guanidine groups is 1. The Morgan fingerprint density at radius 2 is 1.79 bits per heavy atom. The summed E-state index contributed by atoms with van der Waals surface area (Å²) >= 11 is 0. The summed E-state index contributed by atoms with van der Waals surface area (Å²) in [6.07, 6.45) is 1.51. The van der Waals surface area contributed by atoms with E-state index in [0.717, 1.165) is 45.6 Å².